The quantitative estimate of drug-likeness (QED) is 0.332. The van der Waals surface area contributed by atoms with Gasteiger partial charge in [0.05, 0.1) is 21.5 Å². The lowest BCUT2D eigenvalue weighted by Crippen LogP contribution is -2.27. The molecule has 0 N–H and O–H groups in total. The number of hydrogen-bond acceptors (Lipinski definition) is 4. The van der Waals surface area contributed by atoms with E-state index in [1.54, 1.807) is 18.2 Å². The predicted octanol–water partition coefficient (Wildman–Crippen LogP) is 7.43. The summed E-state index contributed by atoms with van der Waals surface area (Å²) in [6.45, 7) is 4.57. The summed E-state index contributed by atoms with van der Waals surface area (Å²) in [4.78, 5) is 26.8. The second-order valence-electron chi connectivity index (χ2n) is 7.84. The van der Waals surface area contributed by atoms with Crippen molar-refractivity contribution < 1.29 is 14.3 Å². The van der Waals surface area contributed by atoms with Crippen molar-refractivity contribution in [3.8, 4) is 5.75 Å². The van der Waals surface area contributed by atoms with Gasteiger partial charge in [0.15, 0.2) is 5.75 Å². The van der Waals surface area contributed by atoms with E-state index >= 15 is 0 Å². The average Bonchev–Trinajstić information content (AvgIpc) is 3.03. The Morgan fingerprint density at radius 2 is 1.42 bits per heavy atom. The predicted molar refractivity (Wildman–Crippen MR) is 135 cm³/mol. The average molecular weight is 498 g/mol. The Hall–Kier alpha value is -2.73. The highest BCUT2D eigenvalue weighted by Crippen LogP contribution is 2.38. The molecule has 0 unspecified atom stereocenters. The maximum absolute atomic E-state index is 12.8. The largest absolute Gasteiger partial charge is 0.486 e. The van der Waals surface area contributed by atoms with Crippen LogP contribution in [-0.4, -0.2) is 16.0 Å². The molecule has 1 aliphatic rings. The molecule has 0 atom stereocenters. The molecule has 0 radical (unpaired) electrons. The minimum absolute atomic E-state index is 0.232. The van der Waals surface area contributed by atoms with Crippen LogP contribution in [-0.2, 0) is 17.9 Å². The van der Waals surface area contributed by atoms with Crippen LogP contribution < -0.4 is 4.74 Å². The van der Waals surface area contributed by atoms with Crippen molar-refractivity contribution in [1.82, 2.24) is 4.90 Å². The lowest BCUT2D eigenvalue weighted by molar-refractivity contribution is -0.123. The summed E-state index contributed by atoms with van der Waals surface area (Å²) in [7, 11) is 0. The first kappa shape index (κ1) is 23.4. The van der Waals surface area contributed by atoms with Crippen LogP contribution in [0.3, 0.4) is 0 Å². The summed E-state index contributed by atoms with van der Waals surface area (Å²) in [5.41, 5.74) is 4.80. The van der Waals surface area contributed by atoms with E-state index in [0.717, 1.165) is 28.5 Å². The number of halogens is 2. The van der Waals surface area contributed by atoms with Crippen LogP contribution in [0.15, 0.2) is 65.6 Å². The van der Waals surface area contributed by atoms with Gasteiger partial charge >= 0.3 is 0 Å². The molecule has 1 heterocycles. The molecule has 2 amide bonds. The molecule has 33 heavy (non-hydrogen) atoms. The fourth-order valence-corrected chi connectivity index (χ4v) is 4.76. The highest BCUT2D eigenvalue weighted by molar-refractivity contribution is 8.18. The Kier molecular flexibility index (Phi) is 7.13. The van der Waals surface area contributed by atoms with Crippen LogP contribution >= 0.6 is 35.0 Å². The second kappa shape index (κ2) is 10.0. The Balaban J connectivity index is 1.49. The molecule has 3 aromatic rings. The highest BCUT2D eigenvalue weighted by Gasteiger charge is 2.35. The highest BCUT2D eigenvalue weighted by atomic mass is 35.5. The normalized spacial score (nSPS) is 14.9. The van der Waals surface area contributed by atoms with Crippen LogP contribution in [0.2, 0.25) is 10.0 Å². The third-order valence-electron chi connectivity index (χ3n) is 5.16. The van der Waals surface area contributed by atoms with Gasteiger partial charge in [-0.2, -0.15) is 0 Å². The fraction of sp³-hybridized carbons (Fsp3) is 0.154. The van der Waals surface area contributed by atoms with Gasteiger partial charge in [-0.3, -0.25) is 14.5 Å². The molecule has 4 rings (SSSR count). The number of benzene rings is 3. The number of carbonyl (C=O) groups excluding carboxylic acids is 2. The Bertz CT molecular complexity index is 1210. The number of amides is 2. The molecule has 0 spiro atoms. The number of thioether (sulfide) groups is 1. The van der Waals surface area contributed by atoms with Crippen LogP contribution in [0.1, 0.15) is 27.8 Å². The van der Waals surface area contributed by atoms with Gasteiger partial charge in [-0.05, 0) is 60.5 Å². The molecule has 4 nitrogen and oxygen atoms in total. The molecule has 0 aromatic heterocycles. The Morgan fingerprint density at radius 3 is 2.00 bits per heavy atom. The van der Waals surface area contributed by atoms with Crippen molar-refractivity contribution in [2.75, 3.05) is 0 Å². The third kappa shape index (κ3) is 5.61. The molecule has 1 fully saturated rings. The molecule has 7 heteroatoms. The van der Waals surface area contributed by atoms with Gasteiger partial charge in [0, 0.05) is 0 Å². The van der Waals surface area contributed by atoms with Gasteiger partial charge in [0.25, 0.3) is 11.1 Å². The number of ether oxygens (including phenoxy) is 1. The summed E-state index contributed by atoms with van der Waals surface area (Å²) in [5.74, 6) is 0.0426. The van der Waals surface area contributed by atoms with E-state index in [9.17, 15) is 9.59 Å². The topological polar surface area (TPSA) is 46.6 Å². The van der Waals surface area contributed by atoms with Crippen LogP contribution in [0, 0.1) is 13.8 Å². The van der Waals surface area contributed by atoms with Gasteiger partial charge in [0.1, 0.15) is 6.61 Å². The van der Waals surface area contributed by atoms with E-state index in [4.69, 9.17) is 27.9 Å². The number of carbonyl (C=O) groups is 2. The molecule has 0 saturated carbocycles. The van der Waals surface area contributed by atoms with E-state index < -0.39 is 0 Å². The summed E-state index contributed by atoms with van der Waals surface area (Å²) in [5, 5.41) is 0.363. The minimum atomic E-state index is -0.336. The summed E-state index contributed by atoms with van der Waals surface area (Å²) >= 11 is 13.7. The Labute approximate surface area is 207 Å². The van der Waals surface area contributed by atoms with E-state index in [2.05, 4.69) is 0 Å². The van der Waals surface area contributed by atoms with Crippen LogP contribution in [0.25, 0.3) is 6.08 Å². The maximum atomic E-state index is 12.8. The number of aryl methyl sites for hydroxylation is 2. The van der Waals surface area contributed by atoms with Gasteiger partial charge in [-0.25, -0.2) is 0 Å². The van der Waals surface area contributed by atoms with Gasteiger partial charge in [-0.15, -0.1) is 0 Å². The van der Waals surface area contributed by atoms with Crippen molar-refractivity contribution in [3.63, 3.8) is 0 Å². The first-order chi connectivity index (χ1) is 15.8. The van der Waals surface area contributed by atoms with Crippen LogP contribution in [0.4, 0.5) is 4.79 Å². The molecular formula is C26H21Cl2NO3S. The van der Waals surface area contributed by atoms with Crippen molar-refractivity contribution >= 4 is 52.2 Å². The van der Waals surface area contributed by atoms with E-state index in [-0.39, 0.29) is 17.7 Å². The van der Waals surface area contributed by atoms with E-state index in [1.807, 2.05) is 62.4 Å². The van der Waals surface area contributed by atoms with Crippen molar-refractivity contribution in [1.29, 1.82) is 0 Å². The summed E-state index contributed by atoms with van der Waals surface area (Å²) in [6.07, 6.45) is 1.63. The molecule has 1 aliphatic heterocycles. The van der Waals surface area contributed by atoms with Crippen molar-refractivity contribution in [2.24, 2.45) is 0 Å². The molecule has 0 aliphatic carbocycles. The number of hydrogen-bond donors (Lipinski definition) is 0. The fourth-order valence-electron chi connectivity index (χ4n) is 3.30. The minimum Gasteiger partial charge on any atom is -0.486 e. The zero-order chi connectivity index (χ0) is 23.5. The molecule has 3 aromatic carbocycles. The van der Waals surface area contributed by atoms with E-state index in [0.29, 0.717) is 32.9 Å². The van der Waals surface area contributed by atoms with Crippen molar-refractivity contribution in [3.05, 3.63) is 103 Å². The number of imide groups is 1. The van der Waals surface area contributed by atoms with Gasteiger partial charge < -0.3 is 4.74 Å². The van der Waals surface area contributed by atoms with Crippen molar-refractivity contribution in [2.45, 2.75) is 27.0 Å². The maximum Gasteiger partial charge on any atom is 0.293 e. The van der Waals surface area contributed by atoms with Gasteiger partial charge in [0.2, 0.25) is 0 Å². The number of nitrogens with zero attached hydrogens (tertiary/aromatic N) is 1. The molecule has 168 valence electrons. The lowest BCUT2D eigenvalue weighted by Gasteiger charge is -2.13. The SMILES string of the molecule is Cc1ccc(COc2c(Cl)cc(/C=C3\SC(=O)N(Cc4ccc(C)cc4)C3=O)cc2Cl)cc1. The standard InChI is InChI=1S/C26H21Cl2NO3S/c1-16-3-7-18(8-4-16)14-29-25(30)23(33-26(29)31)13-20-11-21(27)24(22(28)12-20)32-15-19-9-5-17(2)6-10-19/h3-13H,14-15H2,1-2H3/b23-13-. The molecular weight excluding hydrogens is 477 g/mol. The Morgan fingerprint density at radius 1 is 0.879 bits per heavy atom. The zero-order valence-corrected chi connectivity index (χ0v) is 20.4. The molecule has 0 bridgehead atoms. The zero-order valence-electron chi connectivity index (χ0n) is 18.1. The van der Waals surface area contributed by atoms with Gasteiger partial charge in [-0.1, -0.05) is 82.9 Å². The smallest absolute Gasteiger partial charge is 0.293 e. The summed E-state index contributed by atoms with van der Waals surface area (Å²) in [6, 6.07) is 19.1. The lowest BCUT2D eigenvalue weighted by atomic mass is 10.1. The van der Waals surface area contributed by atoms with Crippen LogP contribution in [0.5, 0.6) is 5.75 Å². The first-order valence-electron chi connectivity index (χ1n) is 10.3. The summed E-state index contributed by atoms with van der Waals surface area (Å²) < 4.78 is 5.83. The molecule has 1 saturated heterocycles. The monoisotopic (exact) mass is 497 g/mol. The van der Waals surface area contributed by atoms with E-state index in [1.165, 1.54) is 10.5 Å². The third-order valence-corrected chi connectivity index (χ3v) is 6.63. The second-order valence-corrected chi connectivity index (χ2v) is 9.65. The first-order valence-corrected chi connectivity index (χ1v) is 11.9. The number of rotatable bonds is 6.